The molecule has 4 heteroatoms. The lowest BCUT2D eigenvalue weighted by atomic mass is 10.0. The van der Waals surface area contributed by atoms with E-state index >= 15 is 0 Å². The van der Waals surface area contributed by atoms with Crippen molar-refractivity contribution in [2.75, 3.05) is 33.2 Å². The maximum Gasteiger partial charge on any atom is 0.319 e. The molecule has 4 nitrogen and oxygen atoms in total. The molecule has 0 saturated carbocycles. The Kier molecular flexibility index (Phi) is 4.20. The summed E-state index contributed by atoms with van der Waals surface area (Å²) < 4.78 is 0. The molecule has 0 radical (unpaired) electrons. The summed E-state index contributed by atoms with van der Waals surface area (Å²) in [7, 11) is 1.81. The lowest BCUT2D eigenvalue weighted by Gasteiger charge is -2.33. The van der Waals surface area contributed by atoms with E-state index in [1.807, 2.05) is 11.9 Å². The molecular weight excluding hydrogens is 178 g/mol. The van der Waals surface area contributed by atoms with Gasteiger partial charge in [-0.2, -0.15) is 0 Å². The summed E-state index contributed by atoms with van der Waals surface area (Å²) in [6.07, 6.45) is 2.37. The molecule has 82 valence electrons. The molecule has 1 saturated heterocycles. The second-order valence-electron chi connectivity index (χ2n) is 4.19. The molecule has 1 heterocycles. The molecule has 0 aromatic rings. The number of urea groups is 1. The highest BCUT2D eigenvalue weighted by molar-refractivity contribution is 5.74. The van der Waals surface area contributed by atoms with E-state index in [0.717, 1.165) is 19.5 Å². The molecule has 1 aliphatic heterocycles. The number of carbonyl (C=O) groups is 1. The minimum absolute atomic E-state index is 0.127. The van der Waals surface area contributed by atoms with E-state index in [0.29, 0.717) is 19.0 Å². The highest BCUT2D eigenvalue weighted by Crippen LogP contribution is 2.16. The van der Waals surface area contributed by atoms with Crippen LogP contribution in [0.1, 0.15) is 19.8 Å². The van der Waals surface area contributed by atoms with E-state index in [2.05, 4.69) is 6.92 Å². The zero-order valence-corrected chi connectivity index (χ0v) is 9.20. The van der Waals surface area contributed by atoms with Gasteiger partial charge in [0.25, 0.3) is 0 Å². The van der Waals surface area contributed by atoms with Crippen LogP contribution in [0.4, 0.5) is 4.79 Å². The summed E-state index contributed by atoms with van der Waals surface area (Å²) in [6.45, 7) is 5.17. The SMILES string of the molecule is CC1CCCN(C(=O)N(C)CCN)C1. The fourth-order valence-electron chi connectivity index (χ4n) is 1.89. The summed E-state index contributed by atoms with van der Waals surface area (Å²) in [5.74, 6) is 0.638. The van der Waals surface area contributed by atoms with E-state index in [9.17, 15) is 4.79 Å². The monoisotopic (exact) mass is 199 g/mol. The van der Waals surface area contributed by atoms with Gasteiger partial charge in [0.1, 0.15) is 0 Å². The Morgan fingerprint density at radius 3 is 2.93 bits per heavy atom. The smallest absolute Gasteiger partial charge is 0.319 e. The van der Waals surface area contributed by atoms with Crippen molar-refractivity contribution in [3.05, 3.63) is 0 Å². The van der Waals surface area contributed by atoms with Gasteiger partial charge >= 0.3 is 6.03 Å². The first-order valence-electron chi connectivity index (χ1n) is 5.35. The highest BCUT2D eigenvalue weighted by atomic mass is 16.2. The first-order valence-corrected chi connectivity index (χ1v) is 5.35. The van der Waals surface area contributed by atoms with Crippen molar-refractivity contribution in [1.82, 2.24) is 9.80 Å². The highest BCUT2D eigenvalue weighted by Gasteiger charge is 2.22. The predicted octanol–water partition coefficient (Wildman–Crippen LogP) is 0.729. The third-order valence-corrected chi connectivity index (χ3v) is 2.72. The third-order valence-electron chi connectivity index (χ3n) is 2.72. The topological polar surface area (TPSA) is 49.6 Å². The van der Waals surface area contributed by atoms with E-state index < -0.39 is 0 Å². The summed E-state index contributed by atoms with van der Waals surface area (Å²) in [5, 5.41) is 0. The van der Waals surface area contributed by atoms with Gasteiger partial charge in [-0.3, -0.25) is 0 Å². The number of carbonyl (C=O) groups excluding carboxylic acids is 1. The molecule has 0 bridgehead atoms. The van der Waals surface area contributed by atoms with Crippen LogP contribution >= 0.6 is 0 Å². The Balaban J connectivity index is 2.42. The number of nitrogens with zero attached hydrogens (tertiary/aromatic N) is 2. The average molecular weight is 199 g/mol. The number of likely N-dealkylation sites (tertiary alicyclic amines) is 1. The van der Waals surface area contributed by atoms with E-state index in [1.54, 1.807) is 4.90 Å². The van der Waals surface area contributed by atoms with Gasteiger partial charge < -0.3 is 15.5 Å². The summed E-state index contributed by atoms with van der Waals surface area (Å²) >= 11 is 0. The zero-order valence-electron chi connectivity index (χ0n) is 9.20. The molecule has 2 amide bonds. The van der Waals surface area contributed by atoms with Crippen molar-refractivity contribution in [3.8, 4) is 0 Å². The van der Waals surface area contributed by atoms with Gasteiger partial charge in [0.05, 0.1) is 0 Å². The number of hydrogen-bond acceptors (Lipinski definition) is 2. The van der Waals surface area contributed by atoms with Crippen LogP contribution in [0.25, 0.3) is 0 Å². The van der Waals surface area contributed by atoms with Crippen molar-refractivity contribution in [2.45, 2.75) is 19.8 Å². The van der Waals surface area contributed by atoms with Crippen molar-refractivity contribution in [2.24, 2.45) is 11.7 Å². The van der Waals surface area contributed by atoms with Gasteiger partial charge in [0.15, 0.2) is 0 Å². The molecule has 1 atom stereocenters. The van der Waals surface area contributed by atoms with Crippen molar-refractivity contribution < 1.29 is 4.79 Å². The van der Waals surface area contributed by atoms with E-state index in [1.165, 1.54) is 6.42 Å². The Hall–Kier alpha value is -0.770. The fourth-order valence-corrected chi connectivity index (χ4v) is 1.89. The Morgan fingerprint density at radius 1 is 1.64 bits per heavy atom. The molecule has 0 aromatic heterocycles. The van der Waals surface area contributed by atoms with Gasteiger partial charge in [-0.25, -0.2) is 4.79 Å². The minimum atomic E-state index is 0.127. The molecule has 2 N–H and O–H groups in total. The summed E-state index contributed by atoms with van der Waals surface area (Å²) in [5.41, 5.74) is 5.41. The van der Waals surface area contributed by atoms with Crippen molar-refractivity contribution >= 4 is 6.03 Å². The second kappa shape index (κ2) is 5.20. The minimum Gasteiger partial charge on any atom is -0.329 e. The first kappa shape index (κ1) is 11.3. The quantitative estimate of drug-likeness (QED) is 0.712. The molecule has 1 aliphatic rings. The molecule has 1 fully saturated rings. The molecule has 0 aromatic carbocycles. The first-order chi connectivity index (χ1) is 6.65. The van der Waals surface area contributed by atoms with Gasteiger partial charge in [0.2, 0.25) is 0 Å². The summed E-state index contributed by atoms with van der Waals surface area (Å²) in [6, 6.07) is 0.127. The van der Waals surface area contributed by atoms with Gasteiger partial charge in [-0.05, 0) is 18.8 Å². The lowest BCUT2D eigenvalue weighted by molar-refractivity contribution is 0.140. The summed E-state index contributed by atoms with van der Waals surface area (Å²) in [4.78, 5) is 15.5. The molecule has 14 heavy (non-hydrogen) atoms. The van der Waals surface area contributed by atoms with Gasteiger partial charge in [-0.15, -0.1) is 0 Å². The number of hydrogen-bond donors (Lipinski definition) is 1. The second-order valence-corrected chi connectivity index (χ2v) is 4.19. The molecular formula is C10H21N3O. The molecule has 1 unspecified atom stereocenters. The van der Waals surface area contributed by atoms with Crippen LogP contribution in [0.2, 0.25) is 0 Å². The Labute approximate surface area is 86.0 Å². The average Bonchev–Trinajstić information content (AvgIpc) is 2.17. The predicted molar refractivity (Wildman–Crippen MR) is 57.1 cm³/mol. The fraction of sp³-hybridized carbons (Fsp3) is 0.900. The number of piperidine rings is 1. The number of nitrogens with two attached hydrogens (primary N) is 1. The largest absolute Gasteiger partial charge is 0.329 e. The number of amides is 2. The van der Waals surface area contributed by atoms with Crippen LogP contribution in [0, 0.1) is 5.92 Å². The van der Waals surface area contributed by atoms with Crippen molar-refractivity contribution in [1.29, 1.82) is 0 Å². The zero-order chi connectivity index (χ0) is 10.6. The standard InChI is InChI=1S/C10H21N3O/c1-9-4-3-6-13(8-9)10(14)12(2)7-5-11/h9H,3-8,11H2,1-2H3. The number of likely N-dealkylation sites (N-methyl/N-ethyl adjacent to an activating group) is 1. The number of rotatable bonds is 2. The van der Waals surface area contributed by atoms with Crippen LogP contribution in [0.15, 0.2) is 0 Å². The third kappa shape index (κ3) is 2.87. The molecule has 1 rings (SSSR count). The van der Waals surface area contributed by atoms with Gasteiger partial charge in [-0.1, -0.05) is 6.92 Å². The normalized spacial score (nSPS) is 22.2. The van der Waals surface area contributed by atoms with E-state index in [-0.39, 0.29) is 6.03 Å². The van der Waals surface area contributed by atoms with Crippen LogP contribution in [0.5, 0.6) is 0 Å². The molecule has 0 aliphatic carbocycles. The van der Waals surface area contributed by atoms with E-state index in [4.69, 9.17) is 5.73 Å². The molecule has 0 spiro atoms. The maximum atomic E-state index is 11.8. The Bertz CT molecular complexity index is 196. The van der Waals surface area contributed by atoms with Crippen LogP contribution in [0.3, 0.4) is 0 Å². The maximum absolute atomic E-state index is 11.8. The Morgan fingerprint density at radius 2 is 2.36 bits per heavy atom. The van der Waals surface area contributed by atoms with Crippen LogP contribution in [-0.4, -0.2) is 49.1 Å². The van der Waals surface area contributed by atoms with Crippen molar-refractivity contribution in [3.63, 3.8) is 0 Å². The van der Waals surface area contributed by atoms with Crippen LogP contribution in [-0.2, 0) is 0 Å². The lowest BCUT2D eigenvalue weighted by Crippen LogP contribution is -2.46. The van der Waals surface area contributed by atoms with Gasteiger partial charge in [0, 0.05) is 33.2 Å². The van der Waals surface area contributed by atoms with Crippen LogP contribution < -0.4 is 5.73 Å².